The van der Waals surface area contributed by atoms with E-state index >= 15 is 0 Å². The molecule has 0 saturated heterocycles. The van der Waals surface area contributed by atoms with Gasteiger partial charge < -0.3 is 0 Å². The van der Waals surface area contributed by atoms with Crippen LogP contribution in [0, 0.1) is 0 Å². The predicted molar refractivity (Wildman–Crippen MR) is 69.3 cm³/mol. The van der Waals surface area contributed by atoms with Crippen molar-refractivity contribution < 1.29 is 13.2 Å². The maximum atomic E-state index is 12.7. The molecular weight excluding hydrogens is 331 g/mol. The van der Waals surface area contributed by atoms with Crippen molar-refractivity contribution in [1.29, 1.82) is 0 Å². The molecule has 0 atom stereocenters. The highest BCUT2D eigenvalue weighted by atomic mass is 35.5. The molecule has 0 unspecified atom stereocenters. The molecular formula is C10H9ClF3N5OS. The molecule has 0 spiro atoms. The van der Waals surface area contributed by atoms with E-state index in [0.717, 1.165) is 17.8 Å². The van der Waals surface area contributed by atoms with Crippen LogP contribution in [0.3, 0.4) is 0 Å². The molecule has 1 N–H and O–H groups in total. The van der Waals surface area contributed by atoms with E-state index in [1.807, 2.05) is 6.92 Å². The molecule has 21 heavy (non-hydrogen) atoms. The second-order valence-electron chi connectivity index (χ2n) is 3.92. The Kier molecular flexibility index (Phi) is 4.57. The van der Waals surface area contributed by atoms with Gasteiger partial charge in [0, 0.05) is 12.6 Å². The molecule has 2 rings (SSSR count). The number of aromatic amines is 1. The zero-order valence-electron chi connectivity index (χ0n) is 10.6. The van der Waals surface area contributed by atoms with Gasteiger partial charge in [0.2, 0.25) is 5.28 Å². The summed E-state index contributed by atoms with van der Waals surface area (Å²) in [6.07, 6.45) is -3.96. The Morgan fingerprint density at radius 3 is 2.76 bits per heavy atom. The molecule has 0 fully saturated rings. The van der Waals surface area contributed by atoms with Crippen molar-refractivity contribution in [3.05, 3.63) is 27.5 Å². The Bertz CT molecular complexity index is 699. The van der Waals surface area contributed by atoms with Gasteiger partial charge in [-0.05, 0) is 29.8 Å². The van der Waals surface area contributed by atoms with Crippen LogP contribution in [0.1, 0.15) is 19.0 Å². The summed E-state index contributed by atoms with van der Waals surface area (Å²) in [5.41, 5.74) is -1.58. The number of aromatic nitrogens is 5. The van der Waals surface area contributed by atoms with E-state index in [-0.39, 0.29) is 10.2 Å². The summed E-state index contributed by atoms with van der Waals surface area (Å²) in [5, 5.41) is 5.64. The van der Waals surface area contributed by atoms with E-state index in [4.69, 9.17) is 11.6 Å². The molecule has 2 heterocycles. The molecule has 2 aromatic rings. The Hall–Kier alpha value is -1.55. The number of hydrogen-bond acceptors (Lipinski definition) is 5. The number of nitrogens with zero attached hydrogens (tertiary/aromatic N) is 4. The molecule has 6 nitrogen and oxygen atoms in total. The predicted octanol–water partition coefficient (Wildman–Crippen LogP) is 2.59. The topological polar surface area (TPSA) is 76.5 Å². The third-order valence-electron chi connectivity index (χ3n) is 2.33. The minimum absolute atomic E-state index is 0.0429. The summed E-state index contributed by atoms with van der Waals surface area (Å²) in [6, 6.07) is 0.756. The van der Waals surface area contributed by atoms with Gasteiger partial charge in [-0.25, -0.2) is 19.9 Å². The van der Waals surface area contributed by atoms with Crippen molar-refractivity contribution in [2.75, 3.05) is 0 Å². The van der Waals surface area contributed by atoms with Gasteiger partial charge in [0.25, 0.3) is 0 Å². The van der Waals surface area contributed by atoms with Gasteiger partial charge in [0.1, 0.15) is 5.03 Å². The van der Waals surface area contributed by atoms with Gasteiger partial charge >= 0.3 is 11.9 Å². The van der Waals surface area contributed by atoms with Crippen molar-refractivity contribution in [2.45, 2.75) is 36.2 Å². The summed E-state index contributed by atoms with van der Waals surface area (Å²) in [5.74, 6) is 0. The molecule has 0 saturated carbocycles. The first-order valence-electron chi connectivity index (χ1n) is 5.76. The van der Waals surface area contributed by atoms with Crippen LogP contribution in [-0.2, 0) is 12.7 Å². The highest BCUT2D eigenvalue weighted by molar-refractivity contribution is 7.99. The zero-order valence-corrected chi connectivity index (χ0v) is 12.2. The van der Waals surface area contributed by atoms with Crippen molar-refractivity contribution in [3.8, 4) is 0 Å². The normalized spacial score (nSPS) is 11.9. The fourth-order valence-corrected chi connectivity index (χ4v) is 2.59. The minimum Gasteiger partial charge on any atom is -0.270 e. The maximum absolute atomic E-state index is 12.7. The summed E-state index contributed by atoms with van der Waals surface area (Å²) >= 11 is 6.30. The van der Waals surface area contributed by atoms with Crippen LogP contribution in [-0.4, -0.2) is 24.7 Å². The standard InChI is InChI=1S/C10H9ClF3N5OS/c1-2-3-19-8(20)17-18-9(19)21-6-4-5(10(12,13)14)15-7(11)16-6/h4H,2-3H2,1H3,(H,17,20). The van der Waals surface area contributed by atoms with Crippen molar-refractivity contribution in [1.82, 2.24) is 24.7 Å². The number of halogens is 4. The second-order valence-corrected chi connectivity index (χ2v) is 5.25. The van der Waals surface area contributed by atoms with Crippen molar-refractivity contribution in [2.24, 2.45) is 0 Å². The third-order valence-corrected chi connectivity index (χ3v) is 3.41. The van der Waals surface area contributed by atoms with E-state index in [1.165, 1.54) is 4.57 Å². The second kappa shape index (κ2) is 6.06. The van der Waals surface area contributed by atoms with Gasteiger partial charge in [0.15, 0.2) is 10.9 Å². The first-order valence-corrected chi connectivity index (χ1v) is 6.95. The van der Waals surface area contributed by atoms with Crippen LogP contribution in [0.15, 0.2) is 21.0 Å². The summed E-state index contributed by atoms with van der Waals surface area (Å²) in [7, 11) is 0. The van der Waals surface area contributed by atoms with Crippen molar-refractivity contribution >= 4 is 23.4 Å². The third kappa shape index (κ3) is 3.76. The molecule has 114 valence electrons. The Morgan fingerprint density at radius 1 is 1.43 bits per heavy atom. The van der Waals surface area contributed by atoms with Gasteiger partial charge in [0.05, 0.1) is 0 Å². The largest absolute Gasteiger partial charge is 0.433 e. The zero-order chi connectivity index (χ0) is 15.6. The smallest absolute Gasteiger partial charge is 0.270 e. The lowest BCUT2D eigenvalue weighted by molar-refractivity contribution is -0.141. The Labute approximate surface area is 125 Å². The number of nitrogens with one attached hydrogen (secondary N) is 1. The Balaban J connectivity index is 2.36. The number of alkyl halides is 3. The fourth-order valence-electron chi connectivity index (χ4n) is 1.49. The first kappa shape index (κ1) is 15.8. The van der Waals surface area contributed by atoms with E-state index < -0.39 is 22.8 Å². The average Bonchev–Trinajstić information content (AvgIpc) is 2.70. The Morgan fingerprint density at radius 2 is 2.14 bits per heavy atom. The lowest BCUT2D eigenvalue weighted by Gasteiger charge is -2.08. The lowest BCUT2D eigenvalue weighted by atomic mass is 10.4. The highest BCUT2D eigenvalue weighted by Crippen LogP contribution is 2.32. The summed E-state index contributed by atoms with van der Waals surface area (Å²) < 4.78 is 39.3. The van der Waals surface area contributed by atoms with E-state index in [0.29, 0.717) is 13.0 Å². The molecule has 11 heteroatoms. The van der Waals surface area contributed by atoms with Gasteiger partial charge in [-0.15, -0.1) is 5.10 Å². The molecule has 0 aliphatic rings. The SMILES string of the molecule is CCCn1c(Sc2cc(C(F)(F)F)nc(Cl)n2)n[nH]c1=O. The number of hydrogen-bond donors (Lipinski definition) is 1. The van der Waals surface area contributed by atoms with Crippen LogP contribution in [0.5, 0.6) is 0 Å². The minimum atomic E-state index is -4.63. The summed E-state index contributed by atoms with van der Waals surface area (Å²) in [6.45, 7) is 2.25. The lowest BCUT2D eigenvalue weighted by Crippen LogP contribution is -2.17. The van der Waals surface area contributed by atoms with Crippen LogP contribution >= 0.6 is 23.4 Å². The van der Waals surface area contributed by atoms with Crippen molar-refractivity contribution in [3.63, 3.8) is 0 Å². The average molecular weight is 340 g/mol. The number of H-pyrrole nitrogens is 1. The molecule has 0 aliphatic carbocycles. The highest BCUT2D eigenvalue weighted by Gasteiger charge is 2.33. The maximum Gasteiger partial charge on any atom is 0.433 e. The van der Waals surface area contributed by atoms with Gasteiger partial charge in [-0.2, -0.15) is 13.2 Å². The van der Waals surface area contributed by atoms with Crippen LogP contribution < -0.4 is 5.69 Å². The van der Waals surface area contributed by atoms with E-state index in [1.54, 1.807) is 0 Å². The first-order chi connectivity index (χ1) is 9.81. The van der Waals surface area contributed by atoms with Gasteiger partial charge in [-0.3, -0.25) is 4.57 Å². The molecule has 0 aromatic carbocycles. The van der Waals surface area contributed by atoms with Crippen LogP contribution in [0.4, 0.5) is 13.2 Å². The quantitative estimate of drug-likeness (QED) is 0.684. The van der Waals surface area contributed by atoms with Crippen LogP contribution in [0.2, 0.25) is 5.28 Å². The monoisotopic (exact) mass is 339 g/mol. The van der Waals surface area contributed by atoms with E-state index in [2.05, 4.69) is 20.2 Å². The molecule has 0 amide bonds. The van der Waals surface area contributed by atoms with E-state index in [9.17, 15) is 18.0 Å². The van der Waals surface area contributed by atoms with Crippen LogP contribution in [0.25, 0.3) is 0 Å². The fraction of sp³-hybridized carbons (Fsp3) is 0.400. The molecule has 0 aliphatic heterocycles. The van der Waals surface area contributed by atoms with Gasteiger partial charge in [-0.1, -0.05) is 6.92 Å². The molecule has 0 bridgehead atoms. The molecule has 2 aromatic heterocycles. The number of rotatable bonds is 4. The molecule has 0 radical (unpaired) electrons. The summed E-state index contributed by atoms with van der Waals surface area (Å²) in [4.78, 5) is 18.3.